The molecule has 0 amide bonds. The van der Waals surface area contributed by atoms with Crippen molar-refractivity contribution in [3.05, 3.63) is 36.2 Å². The molecule has 226 valence electrons. The van der Waals surface area contributed by atoms with Gasteiger partial charge in [-0.25, -0.2) is 26.9 Å². The Bertz CT molecular complexity index is 1560. The first-order valence-electron chi connectivity index (χ1n) is 14.4. The molecule has 14 heteroatoms. The third-order valence-electron chi connectivity index (χ3n) is 8.78. The van der Waals surface area contributed by atoms with Crippen LogP contribution in [0.25, 0.3) is 17.1 Å². The molecule has 1 spiro atoms. The van der Waals surface area contributed by atoms with Crippen molar-refractivity contribution in [1.29, 1.82) is 0 Å². The van der Waals surface area contributed by atoms with Crippen LogP contribution < -0.4 is 14.5 Å². The van der Waals surface area contributed by atoms with Crippen LogP contribution in [0, 0.1) is 12.3 Å². The van der Waals surface area contributed by atoms with Crippen LogP contribution in [0.3, 0.4) is 0 Å². The van der Waals surface area contributed by atoms with E-state index in [0.29, 0.717) is 34.3 Å². The third kappa shape index (κ3) is 5.91. The lowest BCUT2D eigenvalue weighted by molar-refractivity contribution is -0.0222. The fourth-order valence-corrected chi connectivity index (χ4v) is 6.52. The SMILES string of the molecule is Cc1cc(-n2cc(-c3ccc(NS(=O)(=O)[C@H](C)CO)cc3N3CCC4(CC3)CC4)nn2)nc(N2CCC(F)(F)CC2)n1. The number of aryl methyl sites for hydroxylation is 1. The van der Waals surface area contributed by atoms with Gasteiger partial charge >= 0.3 is 0 Å². The van der Waals surface area contributed by atoms with Gasteiger partial charge in [0.05, 0.1) is 18.5 Å². The Hall–Kier alpha value is -3.39. The lowest BCUT2D eigenvalue weighted by Crippen LogP contribution is -2.40. The largest absolute Gasteiger partial charge is 0.395 e. The number of nitrogens with one attached hydrogen (secondary N) is 1. The maximum Gasteiger partial charge on any atom is 0.251 e. The minimum absolute atomic E-state index is 0.173. The highest BCUT2D eigenvalue weighted by molar-refractivity contribution is 7.93. The molecule has 3 aliphatic rings. The highest BCUT2D eigenvalue weighted by Gasteiger charge is 2.44. The fourth-order valence-electron chi connectivity index (χ4n) is 5.66. The molecule has 1 saturated carbocycles. The molecule has 3 fully saturated rings. The molecule has 0 radical (unpaired) electrons. The molecule has 2 saturated heterocycles. The highest BCUT2D eigenvalue weighted by Crippen LogP contribution is 2.54. The van der Waals surface area contributed by atoms with Gasteiger partial charge in [0, 0.05) is 62.0 Å². The summed E-state index contributed by atoms with van der Waals surface area (Å²) in [5.74, 6) is -1.80. The summed E-state index contributed by atoms with van der Waals surface area (Å²) in [5.41, 5.74) is 3.80. The van der Waals surface area contributed by atoms with Crippen molar-refractivity contribution in [3.8, 4) is 17.1 Å². The van der Waals surface area contributed by atoms with Crippen LogP contribution in [0.1, 0.15) is 51.1 Å². The molecule has 2 N–H and O–H groups in total. The number of piperidine rings is 2. The lowest BCUT2D eigenvalue weighted by atomic mass is 9.93. The molecule has 6 rings (SSSR count). The number of benzene rings is 1. The first kappa shape index (κ1) is 28.7. The minimum Gasteiger partial charge on any atom is -0.395 e. The highest BCUT2D eigenvalue weighted by atomic mass is 32.2. The number of anilines is 3. The van der Waals surface area contributed by atoms with Gasteiger partial charge in [-0.2, -0.15) is 4.98 Å². The van der Waals surface area contributed by atoms with Crippen molar-refractivity contribution in [2.75, 3.05) is 47.3 Å². The van der Waals surface area contributed by atoms with Crippen LogP contribution >= 0.6 is 0 Å². The van der Waals surface area contributed by atoms with Gasteiger partial charge in [0.2, 0.25) is 16.0 Å². The number of rotatable bonds is 8. The van der Waals surface area contributed by atoms with Crippen LogP contribution in [-0.4, -0.2) is 82.4 Å². The lowest BCUT2D eigenvalue weighted by Gasteiger charge is -2.35. The molecular weight excluding hydrogens is 566 g/mol. The molecule has 0 unspecified atom stereocenters. The van der Waals surface area contributed by atoms with E-state index in [1.165, 1.54) is 19.8 Å². The number of aliphatic hydroxyl groups excluding tert-OH is 1. The van der Waals surface area contributed by atoms with E-state index in [-0.39, 0.29) is 25.9 Å². The minimum atomic E-state index is -3.76. The Balaban J connectivity index is 1.31. The Kier molecular flexibility index (Phi) is 7.32. The summed E-state index contributed by atoms with van der Waals surface area (Å²) in [6, 6.07) is 7.10. The number of aliphatic hydroxyl groups is 1. The zero-order valence-corrected chi connectivity index (χ0v) is 24.6. The second-order valence-electron chi connectivity index (χ2n) is 11.9. The summed E-state index contributed by atoms with van der Waals surface area (Å²) in [7, 11) is -3.76. The monoisotopic (exact) mass is 602 g/mol. The Labute approximate surface area is 244 Å². The third-order valence-corrected chi connectivity index (χ3v) is 10.5. The number of hydrogen-bond acceptors (Lipinski definition) is 9. The normalized spacial score (nSPS) is 20.5. The molecule has 3 aromatic rings. The van der Waals surface area contributed by atoms with Crippen molar-refractivity contribution < 1.29 is 22.3 Å². The molecule has 1 aromatic carbocycles. The quantitative estimate of drug-likeness (QED) is 0.396. The Morgan fingerprint density at radius 2 is 1.69 bits per heavy atom. The summed E-state index contributed by atoms with van der Waals surface area (Å²) in [6.07, 6.45) is 5.99. The Morgan fingerprint density at radius 1 is 1.00 bits per heavy atom. The molecule has 0 bridgehead atoms. The van der Waals surface area contributed by atoms with E-state index in [1.807, 2.05) is 19.1 Å². The predicted molar refractivity (Wildman–Crippen MR) is 156 cm³/mol. The summed E-state index contributed by atoms with van der Waals surface area (Å²) in [6.45, 7) is 4.85. The molecule has 1 aliphatic carbocycles. The summed E-state index contributed by atoms with van der Waals surface area (Å²) in [5, 5.41) is 17.2. The van der Waals surface area contributed by atoms with E-state index in [2.05, 4.69) is 29.9 Å². The van der Waals surface area contributed by atoms with Gasteiger partial charge in [0.25, 0.3) is 5.92 Å². The van der Waals surface area contributed by atoms with Gasteiger partial charge in [-0.3, -0.25) is 4.72 Å². The molecule has 2 aliphatic heterocycles. The second-order valence-corrected chi connectivity index (χ2v) is 14.0. The Morgan fingerprint density at radius 3 is 2.36 bits per heavy atom. The molecule has 42 heavy (non-hydrogen) atoms. The summed E-state index contributed by atoms with van der Waals surface area (Å²) >= 11 is 0. The molecular formula is C28H36F2N8O3S. The maximum absolute atomic E-state index is 13.7. The van der Waals surface area contributed by atoms with Crippen molar-refractivity contribution >= 4 is 27.3 Å². The summed E-state index contributed by atoms with van der Waals surface area (Å²) < 4.78 is 56.9. The number of alkyl halides is 2. The number of hydrogen-bond donors (Lipinski definition) is 2. The van der Waals surface area contributed by atoms with E-state index < -0.39 is 27.8 Å². The second kappa shape index (κ2) is 10.7. The van der Waals surface area contributed by atoms with Crippen molar-refractivity contribution in [2.24, 2.45) is 5.41 Å². The summed E-state index contributed by atoms with van der Waals surface area (Å²) in [4.78, 5) is 13.1. The topological polar surface area (TPSA) is 129 Å². The maximum atomic E-state index is 13.7. The first-order chi connectivity index (χ1) is 20.0. The molecule has 11 nitrogen and oxygen atoms in total. The van der Waals surface area contributed by atoms with Crippen LogP contribution in [0.2, 0.25) is 0 Å². The van der Waals surface area contributed by atoms with Gasteiger partial charge in [-0.15, -0.1) is 5.10 Å². The van der Waals surface area contributed by atoms with Crippen LogP contribution in [0.4, 0.5) is 26.1 Å². The van der Waals surface area contributed by atoms with Crippen LogP contribution in [0.15, 0.2) is 30.5 Å². The molecule has 1 atom stereocenters. The smallest absolute Gasteiger partial charge is 0.251 e. The van der Waals surface area contributed by atoms with Gasteiger partial charge in [0.15, 0.2) is 5.82 Å². The van der Waals surface area contributed by atoms with E-state index in [1.54, 1.807) is 27.9 Å². The van der Waals surface area contributed by atoms with Crippen molar-refractivity contribution in [3.63, 3.8) is 0 Å². The predicted octanol–water partition coefficient (Wildman–Crippen LogP) is 3.77. The zero-order chi connectivity index (χ0) is 29.7. The van der Waals surface area contributed by atoms with E-state index >= 15 is 0 Å². The van der Waals surface area contributed by atoms with Crippen LogP contribution in [0.5, 0.6) is 0 Å². The van der Waals surface area contributed by atoms with Gasteiger partial charge in [0.1, 0.15) is 10.9 Å². The van der Waals surface area contributed by atoms with E-state index in [0.717, 1.165) is 37.2 Å². The zero-order valence-electron chi connectivity index (χ0n) is 23.8. The van der Waals surface area contributed by atoms with Crippen molar-refractivity contribution in [2.45, 2.75) is 63.5 Å². The number of sulfonamides is 1. The number of halogens is 2. The molecule has 2 aromatic heterocycles. The number of aromatic nitrogens is 5. The van der Waals surface area contributed by atoms with Gasteiger partial charge < -0.3 is 14.9 Å². The van der Waals surface area contributed by atoms with Crippen LogP contribution in [-0.2, 0) is 10.0 Å². The molecule has 4 heterocycles. The standard InChI is InChI=1S/C28H36F2N8O3S/c1-19-15-25(32-26(31-19)37-13-9-28(29,30)10-14-37)38-17-23(33-35-38)22-4-3-21(34-42(40,41)20(2)18-39)16-24(22)36-11-7-27(5-6-27)8-12-36/h3-4,15-17,20,34,39H,5-14,18H2,1-2H3/t20-/m1/s1. The van der Waals surface area contributed by atoms with Crippen molar-refractivity contribution in [1.82, 2.24) is 25.0 Å². The van der Waals surface area contributed by atoms with Gasteiger partial charge in [-0.05, 0) is 63.1 Å². The first-order valence-corrected chi connectivity index (χ1v) is 15.9. The fraction of sp³-hybridized carbons (Fsp3) is 0.571. The van der Waals surface area contributed by atoms with E-state index in [9.17, 15) is 22.3 Å². The number of nitrogens with zero attached hydrogens (tertiary/aromatic N) is 7. The average molecular weight is 603 g/mol. The van der Waals surface area contributed by atoms with E-state index in [4.69, 9.17) is 0 Å². The average Bonchev–Trinajstić information content (AvgIpc) is 3.52. The van der Waals surface area contributed by atoms with Gasteiger partial charge in [-0.1, -0.05) is 5.21 Å².